The second kappa shape index (κ2) is 13.4. The molecule has 0 radical (unpaired) electrons. The molecule has 1 saturated heterocycles. The zero-order valence-electron chi connectivity index (χ0n) is 20.0. The second-order valence-electron chi connectivity index (χ2n) is 7.76. The van der Waals surface area contributed by atoms with Crippen LogP contribution in [0.2, 0.25) is 0 Å². The van der Waals surface area contributed by atoms with E-state index in [1.54, 1.807) is 30.5 Å². The van der Waals surface area contributed by atoms with E-state index in [1.165, 1.54) is 4.31 Å². The minimum atomic E-state index is -3.54. The lowest BCUT2D eigenvalue weighted by atomic mass is 10.2. The second-order valence-corrected chi connectivity index (χ2v) is 10.1. The van der Waals surface area contributed by atoms with Crippen LogP contribution in [-0.2, 0) is 14.8 Å². The third-order valence-electron chi connectivity index (χ3n) is 5.01. The molecule has 2 N–H and O–H groups in total. The van der Waals surface area contributed by atoms with Crippen molar-refractivity contribution in [3.63, 3.8) is 0 Å². The highest BCUT2D eigenvalue weighted by Gasteiger charge is 2.26. The number of anilines is 1. The van der Waals surface area contributed by atoms with E-state index in [0.717, 1.165) is 24.2 Å². The molecule has 0 amide bonds. The van der Waals surface area contributed by atoms with Crippen molar-refractivity contribution in [2.75, 3.05) is 44.8 Å². The SMILES string of the molecule is CCCOc1ccc(/C=N/NC(=S)Nc2ccc(S(=O)(=O)N3CCOCC3)cc2)c(OCCC)c1. The predicted octanol–water partition coefficient (Wildman–Crippen LogP) is 3.61. The number of morpholine rings is 1. The van der Waals surface area contributed by atoms with Crippen LogP contribution in [0.15, 0.2) is 52.5 Å². The van der Waals surface area contributed by atoms with E-state index >= 15 is 0 Å². The molecule has 0 aliphatic carbocycles. The molecule has 1 aliphatic heterocycles. The standard InChI is InChI=1S/C24H32N4O5S2/c1-3-13-32-21-8-5-19(23(17-21)33-14-4-2)18-25-27-24(34)26-20-6-9-22(10-7-20)35(29,30)28-11-15-31-16-12-28/h5-10,17-18H,3-4,11-16H2,1-2H3,(H2,26,27,34)/b25-18+. The number of hydrogen-bond donors (Lipinski definition) is 2. The van der Waals surface area contributed by atoms with Crippen LogP contribution in [0.4, 0.5) is 5.69 Å². The molecule has 11 heteroatoms. The normalized spacial score (nSPS) is 14.6. The fourth-order valence-electron chi connectivity index (χ4n) is 3.23. The summed E-state index contributed by atoms with van der Waals surface area (Å²) in [6, 6.07) is 12.0. The lowest BCUT2D eigenvalue weighted by Gasteiger charge is -2.26. The molecule has 35 heavy (non-hydrogen) atoms. The van der Waals surface area contributed by atoms with Crippen molar-refractivity contribution in [1.29, 1.82) is 0 Å². The fourth-order valence-corrected chi connectivity index (χ4v) is 4.81. The summed E-state index contributed by atoms with van der Waals surface area (Å²) in [6.07, 6.45) is 3.44. The van der Waals surface area contributed by atoms with Crippen molar-refractivity contribution in [3.05, 3.63) is 48.0 Å². The van der Waals surface area contributed by atoms with Crippen LogP contribution in [0, 0.1) is 0 Å². The number of hydrazone groups is 1. The first kappa shape index (κ1) is 26.9. The first-order valence-electron chi connectivity index (χ1n) is 11.6. The first-order chi connectivity index (χ1) is 16.9. The average Bonchev–Trinajstić information content (AvgIpc) is 2.88. The molecule has 1 fully saturated rings. The van der Waals surface area contributed by atoms with Crippen LogP contribution < -0.4 is 20.2 Å². The van der Waals surface area contributed by atoms with Gasteiger partial charge in [0.05, 0.1) is 37.5 Å². The highest BCUT2D eigenvalue weighted by atomic mass is 32.2. The third-order valence-corrected chi connectivity index (χ3v) is 7.12. The van der Waals surface area contributed by atoms with Gasteiger partial charge in [-0.1, -0.05) is 13.8 Å². The Bertz CT molecular complexity index is 1100. The maximum atomic E-state index is 12.7. The Hall–Kier alpha value is -2.73. The quantitative estimate of drug-likeness (QED) is 0.263. The Morgan fingerprint density at radius 3 is 2.46 bits per heavy atom. The molecule has 1 heterocycles. The summed E-state index contributed by atoms with van der Waals surface area (Å²) in [5.41, 5.74) is 4.20. The molecule has 2 aromatic carbocycles. The van der Waals surface area contributed by atoms with E-state index in [1.807, 2.05) is 25.1 Å². The van der Waals surface area contributed by atoms with Crippen molar-refractivity contribution in [2.24, 2.45) is 5.10 Å². The molecule has 3 rings (SSSR count). The Labute approximate surface area is 212 Å². The van der Waals surface area contributed by atoms with Gasteiger partial charge in [-0.15, -0.1) is 0 Å². The third kappa shape index (κ3) is 7.89. The molecule has 2 aromatic rings. The Kier molecular flexibility index (Phi) is 10.3. The average molecular weight is 521 g/mol. The molecule has 0 unspecified atom stereocenters. The van der Waals surface area contributed by atoms with E-state index in [0.29, 0.717) is 51.0 Å². The Balaban J connectivity index is 1.58. The van der Waals surface area contributed by atoms with Crippen LogP contribution in [0.25, 0.3) is 0 Å². The smallest absolute Gasteiger partial charge is 0.243 e. The number of thiocarbonyl (C=S) groups is 1. The lowest BCUT2D eigenvalue weighted by Crippen LogP contribution is -2.40. The van der Waals surface area contributed by atoms with E-state index in [2.05, 4.69) is 22.8 Å². The van der Waals surface area contributed by atoms with Gasteiger partial charge in [-0.2, -0.15) is 9.41 Å². The molecule has 9 nitrogen and oxygen atoms in total. The summed E-state index contributed by atoms with van der Waals surface area (Å²) in [6.45, 7) is 6.85. The predicted molar refractivity (Wildman–Crippen MR) is 141 cm³/mol. The van der Waals surface area contributed by atoms with Gasteiger partial charge in [-0.05, 0) is 61.5 Å². The number of hydrogen-bond acceptors (Lipinski definition) is 7. The molecule has 0 spiro atoms. The zero-order valence-corrected chi connectivity index (χ0v) is 21.7. The van der Waals surface area contributed by atoms with Gasteiger partial charge in [0, 0.05) is 30.4 Å². The molecular weight excluding hydrogens is 488 g/mol. The van der Waals surface area contributed by atoms with Crippen LogP contribution in [0.3, 0.4) is 0 Å². The minimum absolute atomic E-state index is 0.229. The van der Waals surface area contributed by atoms with Gasteiger partial charge in [0.15, 0.2) is 5.11 Å². The maximum Gasteiger partial charge on any atom is 0.243 e. The van der Waals surface area contributed by atoms with Crippen molar-refractivity contribution in [1.82, 2.24) is 9.73 Å². The van der Waals surface area contributed by atoms with Gasteiger partial charge in [0.1, 0.15) is 11.5 Å². The van der Waals surface area contributed by atoms with Gasteiger partial charge < -0.3 is 19.5 Å². The number of nitrogens with zero attached hydrogens (tertiary/aromatic N) is 2. The number of nitrogens with one attached hydrogen (secondary N) is 2. The van der Waals surface area contributed by atoms with E-state index < -0.39 is 10.0 Å². The summed E-state index contributed by atoms with van der Waals surface area (Å²) < 4.78 is 43.7. The molecular formula is C24H32N4O5S2. The van der Waals surface area contributed by atoms with Gasteiger partial charge in [-0.3, -0.25) is 5.43 Å². The van der Waals surface area contributed by atoms with Crippen LogP contribution in [0.5, 0.6) is 11.5 Å². The van der Waals surface area contributed by atoms with Crippen molar-refractivity contribution in [3.8, 4) is 11.5 Å². The van der Waals surface area contributed by atoms with Crippen LogP contribution in [0.1, 0.15) is 32.3 Å². The molecule has 0 atom stereocenters. The maximum absolute atomic E-state index is 12.7. The highest BCUT2D eigenvalue weighted by Crippen LogP contribution is 2.24. The van der Waals surface area contributed by atoms with Gasteiger partial charge >= 0.3 is 0 Å². The molecule has 0 bridgehead atoms. The largest absolute Gasteiger partial charge is 0.493 e. The monoisotopic (exact) mass is 520 g/mol. The summed E-state index contributed by atoms with van der Waals surface area (Å²) >= 11 is 5.30. The first-order valence-corrected chi connectivity index (χ1v) is 13.5. The Morgan fingerprint density at radius 1 is 1.09 bits per heavy atom. The topological polar surface area (TPSA) is 101 Å². The molecule has 0 aromatic heterocycles. The van der Waals surface area contributed by atoms with Gasteiger partial charge in [0.2, 0.25) is 10.0 Å². The Morgan fingerprint density at radius 2 is 1.77 bits per heavy atom. The molecule has 190 valence electrons. The number of sulfonamides is 1. The molecule has 1 aliphatic rings. The summed E-state index contributed by atoms with van der Waals surface area (Å²) in [4.78, 5) is 0.229. The number of ether oxygens (including phenoxy) is 3. The van der Waals surface area contributed by atoms with Crippen molar-refractivity contribution in [2.45, 2.75) is 31.6 Å². The minimum Gasteiger partial charge on any atom is -0.493 e. The zero-order chi connectivity index (χ0) is 25.1. The highest BCUT2D eigenvalue weighted by molar-refractivity contribution is 7.89. The van der Waals surface area contributed by atoms with Crippen molar-refractivity contribution >= 4 is 39.3 Å². The number of rotatable bonds is 11. The van der Waals surface area contributed by atoms with Crippen LogP contribution >= 0.6 is 12.2 Å². The fraction of sp³-hybridized carbons (Fsp3) is 0.417. The molecule has 0 saturated carbocycles. The van der Waals surface area contributed by atoms with Gasteiger partial charge in [0.25, 0.3) is 0 Å². The van der Waals surface area contributed by atoms with E-state index in [4.69, 9.17) is 26.4 Å². The van der Waals surface area contributed by atoms with E-state index in [9.17, 15) is 8.42 Å². The summed E-state index contributed by atoms with van der Waals surface area (Å²) in [5.74, 6) is 1.43. The number of benzene rings is 2. The van der Waals surface area contributed by atoms with Gasteiger partial charge in [-0.25, -0.2) is 8.42 Å². The van der Waals surface area contributed by atoms with Crippen molar-refractivity contribution < 1.29 is 22.6 Å². The summed E-state index contributed by atoms with van der Waals surface area (Å²) in [5, 5.41) is 7.46. The lowest BCUT2D eigenvalue weighted by molar-refractivity contribution is 0.0730. The van der Waals surface area contributed by atoms with E-state index in [-0.39, 0.29) is 10.0 Å². The summed E-state index contributed by atoms with van der Waals surface area (Å²) in [7, 11) is -3.54. The van der Waals surface area contributed by atoms with Crippen LogP contribution in [-0.4, -0.2) is 63.6 Å².